The predicted molar refractivity (Wildman–Crippen MR) is 39.4 cm³/mol. The number of nitriles is 1. The van der Waals surface area contributed by atoms with Crippen LogP contribution in [-0.4, -0.2) is 23.8 Å². The van der Waals surface area contributed by atoms with Gasteiger partial charge in [0.15, 0.2) is 6.10 Å². The van der Waals surface area contributed by atoms with Crippen LogP contribution in [0.1, 0.15) is 25.7 Å². The molecule has 0 unspecified atom stereocenters. The maximum Gasteiger partial charge on any atom is 0.167 e. The van der Waals surface area contributed by atoms with Crippen LogP contribution in [0, 0.1) is 11.3 Å². The van der Waals surface area contributed by atoms with Gasteiger partial charge in [0.05, 0.1) is 6.07 Å². The van der Waals surface area contributed by atoms with E-state index in [0.717, 1.165) is 6.42 Å². The van der Waals surface area contributed by atoms with Gasteiger partial charge in [-0.25, -0.2) is 0 Å². The van der Waals surface area contributed by atoms with Crippen LogP contribution in [0.5, 0.6) is 0 Å². The molecule has 0 aromatic rings. The normalized spacial score (nSPS) is 35.1. The molecule has 2 rings (SSSR count). The van der Waals surface area contributed by atoms with Gasteiger partial charge in [-0.3, -0.25) is 4.84 Å². The third-order valence-electron chi connectivity index (χ3n) is 2.95. The average molecular weight is 152 g/mol. The van der Waals surface area contributed by atoms with E-state index >= 15 is 0 Å². The Balaban J connectivity index is 2.09. The molecule has 0 bridgehead atoms. The molecule has 60 valence electrons. The van der Waals surface area contributed by atoms with Crippen molar-refractivity contribution in [2.45, 2.75) is 37.3 Å². The maximum absolute atomic E-state index is 8.63. The molecule has 1 aliphatic carbocycles. The van der Waals surface area contributed by atoms with Crippen LogP contribution in [0.4, 0.5) is 0 Å². The number of hydrogen-bond acceptors (Lipinski definition) is 3. The molecule has 1 saturated heterocycles. The summed E-state index contributed by atoms with van der Waals surface area (Å²) >= 11 is 0. The third kappa shape index (κ3) is 0.867. The molecular weight excluding hydrogens is 140 g/mol. The van der Waals surface area contributed by atoms with Crippen LogP contribution in [0.2, 0.25) is 0 Å². The molecule has 2 fully saturated rings. The summed E-state index contributed by atoms with van der Waals surface area (Å²) in [6.07, 6.45) is 4.38. The summed E-state index contributed by atoms with van der Waals surface area (Å²) in [6, 6.07) is 2.15. The lowest BCUT2D eigenvalue weighted by molar-refractivity contribution is -0.175. The number of hydroxylamine groups is 2. The first-order chi connectivity index (χ1) is 5.27. The first kappa shape index (κ1) is 7.08. The van der Waals surface area contributed by atoms with Gasteiger partial charge in [-0.05, 0) is 19.3 Å². The Kier molecular flexibility index (Phi) is 1.41. The fourth-order valence-electron chi connectivity index (χ4n) is 1.99. The Morgan fingerprint density at radius 3 is 2.64 bits per heavy atom. The Morgan fingerprint density at radius 1 is 1.64 bits per heavy atom. The molecule has 0 amide bonds. The molecule has 0 radical (unpaired) electrons. The van der Waals surface area contributed by atoms with E-state index in [9.17, 15) is 0 Å². The van der Waals surface area contributed by atoms with E-state index in [-0.39, 0.29) is 11.6 Å². The van der Waals surface area contributed by atoms with Gasteiger partial charge in [0.25, 0.3) is 0 Å². The molecule has 1 aliphatic heterocycles. The second-order valence-electron chi connectivity index (χ2n) is 3.50. The second-order valence-corrected chi connectivity index (χ2v) is 3.50. The van der Waals surface area contributed by atoms with Gasteiger partial charge >= 0.3 is 0 Å². The fourth-order valence-corrected chi connectivity index (χ4v) is 1.99. The highest BCUT2D eigenvalue weighted by molar-refractivity contribution is 5.04. The van der Waals surface area contributed by atoms with Crippen molar-refractivity contribution in [3.8, 4) is 6.07 Å². The standard InChI is InChI=1S/C8H12N2O/c1-10-8(3-2-4-8)5-7(6-9)11-10/h7H,2-5H2,1H3/t7-/m0/s1. The molecule has 1 saturated carbocycles. The minimum Gasteiger partial charge on any atom is -0.280 e. The zero-order valence-electron chi connectivity index (χ0n) is 6.71. The molecule has 2 aliphatic rings. The smallest absolute Gasteiger partial charge is 0.167 e. The van der Waals surface area contributed by atoms with Crippen molar-refractivity contribution >= 4 is 0 Å². The number of rotatable bonds is 0. The number of hydrogen-bond donors (Lipinski definition) is 0. The summed E-state index contributed by atoms with van der Waals surface area (Å²) in [5, 5.41) is 10.5. The van der Waals surface area contributed by atoms with Crippen LogP contribution < -0.4 is 0 Å². The van der Waals surface area contributed by atoms with Crippen molar-refractivity contribution in [1.29, 1.82) is 5.26 Å². The van der Waals surface area contributed by atoms with Crippen molar-refractivity contribution in [1.82, 2.24) is 5.06 Å². The van der Waals surface area contributed by atoms with Crippen molar-refractivity contribution in [3.63, 3.8) is 0 Å². The fraction of sp³-hybridized carbons (Fsp3) is 0.875. The largest absolute Gasteiger partial charge is 0.280 e. The van der Waals surface area contributed by atoms with E-state index in [1.165, 1.54) is 19.3 Å². The van der Waals surface area contributed by atoms with Crippen LogP contribution in [0.25, 0.3) is 0 Å². The monoisotopic (exact) mass is 152 g/mol. The Morgan fingerprint density at radius 2 is 2.36 bits per heavy atom. The van der Waals surface area contributed by atoms with Gasteiger partial charge in [-0.2, -0.15) is 10.3 Å². The zero-order chi connectivity index (χ0) is 7.90. The summed E-state index contributed by atoms with van der Waals surface area (Å²) in [5.41, 5.74) is 0.237. The molecule has 11 heavy (non-hydrogen) atoms. The van der Waals surface area contributed by atoms with Gasteiger partial charge in [0.1, 0.15) is 0 Å². The molecule has 0 N–H and O–H groups in total. The van der Waals surface area contributed by atoms with Crippen LogP contribution >= 0.6 is 0 Å². The number of nitrogens with zero attached hydrogens (tertiary/aromatic N) is 2. The topological polar surface area (TPSA) is 36.3 Å². The highest BCUT2D eigenvalue weighted by Crippen LogP contribution is 2.45. The third-order valence-corrected chi connectivity index (χ3v) is 2.95. The molecule has 0 aromatic carbocycles. The summed E-state index contributed by atoms with van der Waals surface area (Å²) in [7, 11) is 1.94. The Hall–Kier alpha value is -0.590. The van der Waals surface area contributed by atoms with Crippen molar-refractivity contribution in [2.75, 3.05) is 7.05 Å². The minimum atomic E-state index is -0.194. The van der Waals surface area contributed by atoms with E-state index in [4.69, 9.17) is 10.1 Å². The molecule has 0 aromatic heterocycles. The van der Waals surface area contributed by atoms with Crippen LogP contribution in [-0.2, 0) is 4.84 Å². The lowest BCUT2D eigenvalue weighted by Crippen LogP contribution is -2.46. The second kappa shape index (κ2) is 2.20. The molecule has 1 spiro atoms. The minimum absolute atomic E-state index is 0.194. The highest BCUT2D eigenvalue weighted by Gasteiger charge is 2.49. The van der Waals surface area contributed by atoms with Gasteiger partial charge in [0.2, 0.25) is 0 Å². The van der Waals surface area contributed by atoms with Crippen LogP contribution in [0.15, 0.2) is 0 Å². The first-order valence-electron chi connectivity index (χ1n) is 4.07. The lowest BCUT2D eigenvalue weighted by Gasteiger charge is -2.41. The van der Waals surface area contributed by atoms with Gasteiger partial charge in [-0.15, -0.1) is 0 Å². The van der Waals surface area contributed by atoms with E-state index in [1.54, 1.807) is 0 Å². The van der Waals surface area contributed by atoms with Gasteiger partial charge < -0.3 is 0 Å². The predicted octanol–water partition coefficient (Wildman–Crippen LogP) is 1.07. The molecule has 1 heterocycles. The quantitative estimate of drug-likeness (QED) is 0.521. The van der Waals surface area contributed by atoms with E-state index in [1.807, 2.05) is 12.1 Å². The average Bonchev–Trinajstić information content (AvgIpc) is 2.25. The SMILES string of the molecule is CN1O[C@H](C#N)CC12CCC2. The van der Waals surface area contributed by atoms with Gasteiger partial charge in [0, 0.05) is 19.0 Å². The molecule has 3 heteroatoms. The van der Waals surface area contributed by atoms with Crippen LogP contribution in [0.3, 0.4) is 0 Å². The zero-order valence-corrected chi connectivity index (χ0v) is 6.71. The molecular formula is C8H12N2O. The van der Waals surface area contributed by atoms with Crippen molar-refractivity contribution < 1.29 is 4.84 Å². The van der Waals surface area contributed by atoms with E-state index < -0.39 is 0 Å². The first-order valence-corrected chi connectivity index (χ1v) is 4.07. The van der Waals surface area contributed by atoms with E-state index in [0.29, 0.717) is 0 Å². The maximum atomic E-state index is 8.63. The molecule has 3 nitrogen and oxygen atoms in total. The van der Waals surface area contributed by atoms with Crippen molar-refractivity contribution in [2.24, 2.45) is 0 Å². The Labute approximate surface area is 66.5 Å². The summed E-state index contributed by atoms with van der Waals surface area (Å²) < 4.78 is 0. The summed E-state index contributed by atoms with van der Waals surface area (Å²) in [5.74, 6) is 0. The van der Waals surface area contributed by atoms with Gasteiger partial charge in [-0.1, -0.05) is 0 Å². The summed E-state index contributed by atoms with van der Waals surface area (Å²) in [6.45, 7) is 0. The Bertz CT molecular complexity index is 205. The van der Waals surface area contributed by atoms with Crippen molar-refractivity contribution in [3.05, 3.63) is 0 Å². The summed E-state index contributed by atoms with van der Waals surface area (Å²) in [4.78, 5) is 5.34. The van der Waals surface area contributed by atoms with E-state index in [2.05, 4.69) is 6.07 Å². The molecule has 1 atom stereocenters. The lowest BCUT2D eigenvalue weighted by atomic mass is 9.74. The highest BCUT2D eigenvalue weighted by atomic mass is 16.7.